The molecule has 1 aromatic heterocycles. The van der Waals surface area contributed by atoms with E-state index in [0.29, 0.717) is 5.02 Å². The lowest BCUT2D eigenvalue weighted by Gasteiger charge is -2.19. The van der Waals surface area contributed by atoms with E-state index in [2.05, 4.69) is 15.9 Å². The van der Waals surface area contributed by atoms with Gasteiger partial charge in [-0.05, 0) is 56.2 Å². The molecular formula is C17H17BrClNO3. The number of rotatable bonds is 3. The lowest BCUT2D eigenvalue weighted by atomic mass is 10.1. The van der Waals surface area contributed by atoms with Crippen LogP contribution in [0.15, 0.2) is 45.8 Å². The second-order valence-corrected chi connectivity index (χ2v) is 7.38. The fourth-order valence-corrected chi connectivity index (χ4v) is 2.69. The van der Waals surface area contributed by atoms with Crippen LogP contribution in [0.5, 0.6) is 0 Å². The summed E-state index contributed by atoms with van der Waals surface area (Å²) >= 11 is 9.44. The molecule has 2 aromatic rings. The Labute approximate surface area is 148 Å². The molecule has 0 bridgehead atoms. The highest BCUT2D eigenvalue weighted by Crippen LogP contribution is 2.29. The van der Waals surface area contributed by atoms with Gasteiger partial charge in [0.25, 0.3) is 5.56 Å². The number of hydrogen-bond donors (Lipinski definition) is 0. The van der Waals surface area contributed by atoms with E-state index in [0.717, 1.165) is 15.6 Å². The smallest absolute Gasteiger partial charge is 0.326 e. The summed E-state index contributed by atoms with van der Waals surface area (Å²) in [6.45, 7) is 5.24. The van der Waals surface area contributed by atoms with Crippen molar-refractivity contribution < 1.29 is 9.53 Å². The van der Waals surface area contributed by atoms with Gasteiger partial charge in [0.2, 0.25) is 0 Å². The standard InChI is InChI=1S/C17H17BrClNO3/c1-17(2,3)23-16(22)10-20-7-6-11(8-15(20)21)13-9-12(19)4-5-14(13)18/h4-9H,10H2,1-3H3. The highest BCUT2D eigenvalue weighted by atomic mass is 79.9. The normalized spacial score (nSPS) is 11.3. The number of ether oxygens (including phenoxy) is 1. The van der Waals surface area contributed by atoms with Crippen LogP contribution in [-0.2, 0) is 16.1 Å². The Morgan fingerprint density at radius 2 is 1.96 bits per heavy atom. The minimum atomic E-state index is -0.577. The van der Waals surface area contributed by atoms with Gasteiger partial charge >= 0.3 is 5.97 Å². The van der Waals surface area contributed by atoms with Crippen LogP contribution in [0.25, 0.3) is 11.1 Å². The summed E-state index contributed by atoms with van der Waals surface area (Å²) < 4.78 is 7.38. The van der Waals surface area contributed by atoms with Crippen molar-refractivity contribution in [1.82, 2.24) is 4.57 Å². The number of nitrogens with zero attached hydrogens (tertiary/aromatic N) is 1. The SMILES string of the molecule is CC(C)(C)OC(=O)Cn1ccc(-c2cc(Cl)ccc2Br)cc1=O. The van der Waals surface area contributed by atoms with E-state index in [-0.39, 0.29) is 12.1 Å². The number of halogens is 2. The van der Waals surface area contributed by atoms with E-state index in [9.17, 15) is 9.59 Å². The maximum atomic E-state index is 12.2. The summed E-state index contributed by atoms with van der Waals surface area (Å²) in [5.41, 5.74) is 0.691. The van der Waals surface area contributed by atoms with Gasteiger partial charge in [0.15, 0.2) is 0 Å². The monoisotopic (exact) mass is 397 g/mol. The van der Waals surface area contributed by atoms with Gasteiger partial charge in [-0.3, -0.25) is 9.59 Å². The van der Waals surface area contributed by atoms with E-state index >= 15 is 0 Å². The second-order valence-electron chi connectivity index (χ2n) is 6.09. The molecule has 0 unspecified atom stereocenters. The quantitative estimate of drug-likeness (QED) is 0.725. The largest absolute Gasteiger partial charge is 0.459 e. The van der Waals surface area contributed by atoms with Gasteiger partial charge in [-0.2, -0.15) is 0 Å². The highest BCUT2D eigenvalue weighted by molar-refractivity contribution is 9.10. The molecule has 0 saturated carbocycles. The van der Waals surface area contributed by atoms with Crippen molar-refractivity contribution in [2.24, 2.45) is 0 Å². The zero-order valence-electron chi connectivity index (χ0n) is 13.1. The molecule has 0 aliphatic rings. The molecule has 0 atom stereocenters. The van der Waals surface area contributed by atoms with Crippen LogP contribution in [0.4, 0.5) is 0 Å². The maximum absolute atomic E-state index is 12.2. The van der Waals surface area contributed by atoms with Crippen LogP contribution >= 0.6 is 27.5 Å². The highest BCUT2D eigenvalue weighted by Gasteiger charge is 2.17. The molecule has 0 aliphatic heterocycles. The van der Waals surface area contributed by atoms with E-state index < -0.39 is 11.6 Å². The first kappa shape index (κ1) is 17.8. The van der Waals surface area contributed by atoms with Crippen molar-refractivity contribution in [3.05, 3.63) is 56.4 Å². The van der Waals surface area contributed by atoms with Gasteiger partial charge in [0.1, 0.15) is 12.1 Å². The molecular weight excluding hydrogens is 382 g/mol. The third-order valence-electron chi connectivity index (χ3n) is 2.95. The average molecular weight is 399 g/mol. The number of esters is 1. The second kappa shape index (κ2) is 6.89. The lowest BCUT2D eigenvalue weighted by molar-refractivity contribution is -0.155. The third kappa shape index (κ3) is 4.94. The number of benzene rings is 1. The molecule has 0 N–H and O–H groups in total. The molecule has 0 amide bonds. The number of hydrogen-bond acceptors (Lipinski definition) is 3. The summed E-state index contributed by atoms with van der Waals surface area (Å²) in [5.74, 6) is -0.448. The van der Waals surface area contributed by atoms with Gasteiger partial charge in [-0.25, -0.2) is 0 Å². The minimum absolute atomic E-state index is 0.118. The first-order valence-corrected chi connectivity index (χ1v) is 8.20. The lowest BCUT2D eigenvalue weighted by Crippen LogP contribution is -2.30. The fraction of sp³-hybridized carbons (Fsp3) is 0.294. The van der Waals surface area contributed by atoms with Gasteiger partial charge in [-0.1, -0.05) is 27.5 Å². The molecule has 122 valence electrons. The summed E-state index contributed by atoms with van der Waals surface area (Å²) in [6, 6.07) is 8.60. The Balaban J connectivity index is 2.26. The topological polar surface area (TPSA) is 48.3 Å². The third-order valence-corrected chi connectivity index (χ3v) is 3.88. The average Bonchev–Trinajstić information content (AvgIpc) is 2.42. The minimum Gasteiger partial charge on any atom is -0.459 e. The molecule has 0 aliphatic carbocycles. The molecule has 6 heteroatoms. The van der Waals surface area contributed by atoms with E-state index in [1.807, 2.05) is 6.07 Å². The predicted octanol–water partition coefficient (Wildman–Crippen LogP) is 4.27. The van der Waals surface area contributed by atoms with Crippen LogP contribution in [0.1, 0.15) is 20.8 Å². The summed E-state index contributed by atoms with van der Waals surface area (Å²) in [6.07, 6.45) is 1.58. The Kier molecular flexibility index (Phi) is 5.32. The summed E-state index contributed by atoms with van der Waals surface area (Å²) in [7, 11) is 0. The van der Waals surface area contributed by atoms with Crippen molar-refractivity contribution in [2.75, 3.05) is 0 Å². The molecule has 0 saturated heterocycles. The number of carbonyl (C=O) groups excluding carboxylic acids is 1. The van der Waals surface area contributed by atoms with Crippen molar-refractivity contribution in [2.45, 2.75) is 32.9 Å². The van der Waals surface area contributed by atoms with E-state index in [1.54, 1.807) is 45.2 Å². The van der Waals surface area contributed by atoms with E-state index in [4.69, 9.17) is 16.3 Å². The van der Waals surface area contributed by atoms with Gasteiger partial charge < -0.3 is 9.30 Å². The van der Waals surface area contributed by atoms with Crippen molar-refractivity contribution in [3.63, 3.8) is 0 Å². The molecule has 1 aromatic carbocycles. The molecule has 0 radical (unpaired) electrons. The Hall–Kier alpha value is -1.59. The first-order valence-electron chi connectivity index (χ1n) is 7.03. The van der Waals surface area contributed by atoms with Crippen molar-refractivity contribution >= 4 is 33.5 Å². The number of carbonyl (C=O) groups is 1. The van der Waals surface area contributed by atoms with Crippen LogP contribution in [0.3, 0.4) is 0 Å². The van der Waals surface area contributed by atoms with Crippen molar-refractivity contribution in [3.8, 4) is 11.1 Å². The first-order chi connectivity index (χ1) is 10.7. The molecule has 0 fully saturated rings. The van der Waals surface area contributed by atoms with Gasteiger partial charge in [0.05, 0.1) is 0 Å². The molecule has 0 spiro atoms. The molecule has 1 heterocycles. The van der Waals surface area contributed by atoms with Crippen LogP contribution in [-0.4, -0.2) is 16.1 Å². The molecule has 4 nitrogen and oxygen atoms in total. The fourth-order valence-electron chi connectivity index (χ4n) is 2.04. The Morgan fingerprint density at radius 1 is 1.26 bits per heavy atom. The van der Waals surface area contributed by atoms with E-state index in [1.165, 1.54) is 10.6 Å². The molecule has 23 heavy (non-hydrogen) atoms. The zero-order valence-corrected chi connectivity index (χ0v) is 15.4. The van der Waals surface area contributed by atoms with Crippen LogP contribution < -0.4 is 5.56 Å². The van der Waals surface area contributed by atoms with Crippen molar-refractivity contribution in [1.29, 1.82) is 0 Å². The van der Waals surface area contributed by atoms with Gasteiger partial charge in [-0.15, -0.1) is 0 Å². The Bertz CT molecular complexity index is 793. The van der Waals surface area contributed by atoms with Gasteiger partial charge in [0, 0.05) is 21.8 Å². The van der Waals surface area contributed by atoms with Crippen LogP contribution in [0, 0.1) is 0 Å². The zero-order chi connectivity index (χ0) is 17.2. The predicted molar refractivity (Wildman–Crippen MR) is 94.7 cm³/mol. The Morgan fingerprint density at radius 3 is 2.57 bits per heavy atom. The molecule has 2 rings (SSSR count). The maximum Gasteiger partial charge on any atom is 0.326 e. The summed E-state index contributed by atoms with van der Waals surface area (Å²) in [5, 5.41) is 0.584. The number of pyridine rings is 1. The number of aromatic nitrogens is 1. The summed E-state index contributed by atoms with van der Waals surface area (Å²) in [4.78, 5) is 24.0. The van der Waals surface area contributed by atoms with Crippen LogP contribution in [0.2, 0.25) is 5.02 Å².